The molecule has 0 spiro atoms. The Morgan fingerprint density at radius 1 is 1.48 bits per heavy atom. The highest BCUT2D eigenvalue weighted by Crippen LogP contribution is 2.30. The molecule has 0 radical (unpaired) electrons. The number of H-pyrrole nitrogens is 1. The number of carbonyl (C=O) groups excluding carboxylic acids is 1. The maximum absolute atomic E-state index is 12.5. The minimum Gasteiger partial charge on any atom is -0.497 e. The number of ether oxygens (including phenoxy) is 1. The molecular formula is C19H22N4O2. The van der Waals surface area contributed by atoms with E-state index in [4.69, 9.17) is 11.2 Å². The lowest BCUT2D eigenvalue weighted by Gasteiger charge is -2.31. The van der Waals surface area contributed by atoms with Crippen LogP contribution in [0.25, 0.3) is 0 Å². The molecule has 6 nitrogen and oxygen atoms in total. The Morgan fingerprint density at radius 3 is 3.00 bits per heavy atom. The Bertz CT molecular complexity index is 760. The van der Waals surface area contributed by atoms with Crippen LogP contribution in [0.1, 0.15) is 34.8 Å². The van der Waals surface area contributed by atoms with Gasteiger partial charge in [0.15, 0.2) is 0 Å². The van der Waals surface area contributed by atoms with Crippen molar-refractivity contribution in [2.24, 2.45) is 0 Å². The first-order chi connectivity index (χ1) is 12.2. The zero-order valence-corrected chi connectivity index (χ0v) is 14.3. The number of hydrogen-bond donors (Lipinski definition) is 2. The van der Waals surface area contributed by atoms with Gasteiger partial charge in [0, 0.05) is 18.0 Å². The number of rotatable bonds is 5. The Morgan fingerprint density at radius 2 is 2.28 bits per heavy atom. The molecule has 25 heavy (non-hydrogen) atoms. The molecule has 1 atom stereocenters. The Balaban J connectivity index is 1.70. The van der Waals surface area contributed by atoms with E-state index in [2.05, 4.69) is 26.3 Å². The van der Waals surface area contributed by atoms with Crippen LogP contribution in [-0.4, -0.2) is 47.7 Å². The highest BCUT2D eigenvalue weighted by molar-refractivity contribution is 6.04. The van der Waals surface area contributed by atoms with Gasteiger partial charge in [-0.25, -0.2) is 0 Å². The van der Waals surface area contributed by atoms with Crippen LogP contribution < -0.4 is 10.1 Å². The molecule has 130 valence electrons. The van der Waals surface area contributed by atoms with Crippen LogP contribution in [0.2, 0.25) is 0 Å². The number of hydrogen-bond acceptors (Lipinski definition) is 4. The van der Waals surface area contributed by atoms with Gasteiger partial charge in [-0.3, -0.25) is 14.8 Å². The summed E-state index contributed by atoms with van der Waals surface area (Å²) in [4.78, 5) is 14.7. The number of nitrogens with one attached hydrogen (secondary N) is 2. The van der Waals surface area contributed by atoms with Gasteiger partial charge in [0.05, 0.1) is 31.2 Å². The van der Waals surface area contributed by atoms with Gasteiger partial charge in [0.25, 0.3) is 5.91 Å². The van der Waals surface area contributed by atoms with Crippen LogP contribution >= 0.6 is 0 Å². The number of aromatic amines is 1. The molecular weight excluding hydrogens is 316 g/mol. The van der Waals surface area contributed by atoms with Crippen LogP contribution in [-0.2, 0) is 0 Å². The van der Waals surface area contributed by atoms with Gasteiger partial charge in [0.2, 0.25) is 0 Å². The molecule has 0 bridgehead atoms. The van der Waals surface area contributed by atoms with Gasteiger partial charge in [-0.15, -0.1) is 6.42 Å². The van der Waals surface area contributed by atoms with Crippen LogP contribution in [0.15, 0.2) is 30.5 Å². The molecule has 1 aliphatic heterocycles. The first kappa shape index (κ1) is 17.1. The van der Waals surface area contributed by atoms with Gasteiger partial charge < -0.3 is 10.1 Å². The molecule has 1 aromatic carbocycles. The van der Waals surface area contributed by atoms with E-state index in [9.17, 15) is 4.79 Å². The third-order valence-electron chi connectivity index (χ3n) is 4.50. The number of methoxy groups -OCH3 is 1. The molecule has 2 aromatic rings. The molecule has 0 saturated carbocycles. The number of amides is 1. The third-order valence-corrected chi connectivity index (χ3v) is 4.50. The Kier molecular flexibility index (Phi) is 5.36. The Hall–Kier alpha value is -2.78. The summed E-state index contributed by atoms with van der Waals surface area (Å²) < 4.78 is 5.12. The van der Waals surface area contributed by atoms with E-state index < -0.39 is 0 Å². The third kappa shape index (κ3) is 4.01. The number of piperidine rings is 1. The second-order valence-electron chi connectivity index (χ2n) is 6.16. The second-order valence-corrected chi connectivity index (χ2v) is 6.16. The smallest absolute Gasteiger partial charge is 0.255 e. The molecule has 6 heteroatoms. The van der Waals surface area contributed by atoms with E-state index in [1.54, 1.807) is 37.6 Å². The summed E-state index contributed by atoms with van der Waals surface area (Å²) >= 11 is 0. The minimum atomic E-state index is -0.165. The monoisotopic (exact) mass is 338 g/mol. The van der Waals surface area contributed by atoms with Crippen LogP contribution in [0.4, 0.5) is 5.69 Å². The molecule has 0 aliphatic carbocycles. The van der Waals surface area contributed by atoms with E-state index >= 15 is 0 Å². The van der Waals surface area contributed by atoms with Crippen molar-refractivity contribution >= 4 is 11.6 Å². The molecule has 3 rings (SSSR count). The normalized spacial score (nSPS) is 17.7. The highest BCUT2D eigenvalue weighted by atomic mass is 16.5. The van der Waals surface area contributed by atoms with Crippen LogP contribution in [0.3, 0.4) is 0 Å². The van der Waals surface area contributed by atoms with Crippen LogP contribution in [0, 0.1) is 12.3 Å². The predicted octanol–water partition coefficient (Wildman–Crippen LogP) is 2.48. The summed E-state index contributed by atoms with van der Waals surface area (Å²) in [6.07, 6.45) is 9.22. The zero-order valence-electron chi connectivity index (χ0n) is 14.3. The van der Waals surface area contributed by atoms with Crippen molar-refractivity contribution < 1.29 is 9.53 Å². The lowest BCUT2D eigenvalue weighted by Crippen LogP contribution is -2.35. The molecule has 1 aromatic heterocycles. The summed E-state index contributed by atoms with van der Waals surface area (Å²) in [5.74, 6) is 3.54. The maximum atomic E-state index is 12.5. The second kappa shape index (κ2) is 7.86. The van der Waals surface area contributed by atoms with Gasteiger partial charge in [0.1, 0.15) is 5.75 Å². The van der Waals surface area contributed by atoms with E-state index in [1.807, 2.05) is 0 Å². The highest BCUT2D eigenvalue weighted by Gasteiger charge is 2.25. The number of aromatic nitrogens is 2. The minimum absolute atomic E-state index is 0.165. The van der Waals surface area contributed by atoms with Gasteiger partial charge in [-0.2, -0.15) is 5.10 Å². The van der Waals surface area contributed by atoms with Crippen LogP contribution in [0.5, 0.6) is 5.75 Å². The lowest BCUT2D eigenvalue weighted by atomic mass is 9.94. The maximum Gasteiger partial charge on any atom is 0.255 e. The number of anilines is 1. The SMILES string of the molecule is C#CCN1CCC[C@@H](c2[nH]ncc2NC(=O)c2ccc(OC)cc2)C1. The predicted molar refractivity (Wildman–Crippen MR) is 96.8 cm³/mol. The number of carbonyl (C=O) groups is 1. The van der Waals surface area contributed by atoms with Crippen molar-refractivity contribution in [3.63, 3.8) is 0 Å². The summed E-state index contributed by atoms with van der Waals surface area (Å²) in [5, 5.41) is 10.1. The van der Waals surface area contributed by atoms with Gasteiger partial charge in [-0.05, 0) is 43.7 Å². The first-order valence-corrected chi connectivity index (χ1v) is 8.35. The van der Waals surface area contributed by atoms with Gasteiger partial charge in [-0.1, -0.05) is 5.92 Å². The number of benzene rings is 1. The number of likely N-dealkylation sites (tertiary alicyclic amines) is 1. The molecule has 1 saturated heterocycles. The molecule has 2 N–H and O–H groups in total. The van der Waals surface area contributed by atoms with E-state index in [0.29, 0.717) is 12.1 Å². The molecule has 2 heterocycles. The summed E-state index contributed by atoms with van der Waals surface area (Å²) in [5.41, 5.74) is 2.27. The lowest BCUT2D eigenvalue weighted by molar-refractivity contribution is 0.102. The van der Waals surface area contributed by atoms with Crippen molar-refractivity contribution in [2.75, 3.05) is 32.1 Å². The number of terminal acetylenes is 1. The first-order valence-electron chi connectivity index (χ1n) is 8.35. The van der Waals surface area contributed by atoms with Crippen molar-refractivity contribution in [1.82, 2.24) is 15.1 Å². The Labute approximate surface area is 147 Å². The average molecular weight is 338 g/mol. The molecule has 0 unspecified atom stereocenters. The van der Waals surface area contributed by atoms with Crippen molar-refractivity contribution in [3.8, 4) is 18.1 Å². The summed E-state index contributed by atoms with van der Waals surface area (Å²) in [6, 6.07) is 7.01. The largest absolute Gasteiger partial charge is 0.497 e. The van der Waals surface area contributed by atoms with Crippen molar-refractivity contribution in [1.29, 1.82) is 0 Å². The molecule has 1 fully saturated rings. The quantitative estimate of drug-likeness (QED) is 0.822. The summed E-state index contributed by atoms with van der Waals surface area (Å²) in [6.45, 7) is 2.54. The van der Waals surface area contributed by atoms with Crippen molar-refractivity contribution in [3.05, 3.63) is 41.7 Å². The van der Waals surface area contributed by atoms with Gasteiger partial charge >= 0.3 is 0 Å². The van der Waals surface area contributed by atoms with E-state index in [0.717, 1.165) is 43.1 Å². The number of nitrogens with zero attached hydrogens (tertiary/aromatic N) is 2. The summed E-state index contributed by atoms with van der Waals surface area (Å²) in [7, 11) is 1.60. The van der Waals surface area contributed by atoms with E-state index in [-0.39, 0.29) is 11.8 Å². The fourth-order valence-electron chi connectivity index (χ4n) is 3.21. The molecule has 1 amide bonds. The topological polar surface area (TPSA) is 70.2 Å². The average Bonchev–Trinajstić information content (AvgIpc) is 3.10. The molecule has 1 aliphatic rings. The fourth-order valence-corrected chi connectivity index (χ4v) is 3.21. The zero-order chi connectivity index (χ0) is 17.6. The van der Waals surface area contributed by atoms with Crippen molar-refractivity contribution in [2.45, 2.75) is 18.8 Å². The standard InChI is InChI=1S/C19H22N4O2/c1-3-10-23-11-4-5-15(13-23)18-17(12-20-22-18)21-19(24)14-6-8-16(25-2)9-7-14/h1,6-9,12,15H,4-5,10-11,13H2,2H3,(H,20,22)(H,21,24)/t15-/m1/s1. The fraction of sp³-hybridized carbons (Fsp3) is 0.368. The van der Waals surface area contributed by atoms with E-state index in [1.165, 1.54) is 0 Å².